The minimum absolute atomic E-state index is 0. The molecule has 5 nitrogen and oxygen atoms in total. The summed E-state index contributed by atoms with van der Waals surface area (Å²) >= 11 is 0. The topological polar surface area (TPSA) is 103 Å². The normalized spacial score (nSPS) is 11.1. The summed E-state index contributed by atoms with van der Waals surface area (Å²) in [5.74, 6) is -0.219. The second-order valence-corrected chi connectivity index (χ2v) is 4.66. The van der Waals surface area contributed by atoms with Crippen LogP contribution in [0.2, 0.25) is 0 Å². The van der Waals surface area contributed by atoms with Gasteiger partial charge >= 0.3 is 29.6 Å². The molecule has 0 amide bonds. The van der Waals surface area contributed by atoms with Gasteiger partial charge in [0.05, 0.1) is 10.6 Å². The van der Waals surface area contributed by atoms with E-state index in [1.54, 1.807) is 12.1 Å². The molecule has 0 saturated heterocycles. The van der Waals surface area contributed by atoms with Crippen LogP contribution >= 0.6 is 0 Å². The fourth-order valence-corrected chi connectivity index (χ4v) is 2.27. The summed E-state index contributed by atoms with van der Waals surface area (Å²) in [5, 5.41) is 10.0. The average molecular weight is 261 g/mol. The van der Waals surface area contributed by atoms with Crippen LogP contribution in [-0.2, 0) is 10.1 Å². The minimum Gasteiger partial charge on any atom is -0.744 e. The van der Waals surface area contributed by atoms with E-state index in [2.05, 4.69) is 0 Å². The van der Waals surface area contributed by atoms with Crippen molar-refractivity contribution >= 4 is 26.6 Å². The van der Waals surface area contributed by atoms with Crippen molar-refractivity contribution < 1.29 is 47.6 Å². The van der Waals surface area contributed by atoms with Gasteiger partial charge in [-0.2, -0.15) is 0 Å². The van der Waals surface area contributed by atoms with Gasteiger partial charge in [-0.25, -0.2) is 8.42 Å². The number of nitrogens with two attached hydrogens (primary N) is 1. The maximum absolute atomic E-state index is 11.0. The molecular formula is C10H8NNaO4S. The van der Waals surface area contributed by atoms with Crippen molar-refractivity contribution in [1.82, 2.24) is 0 Å². The van der Waals surface area contributed by atoms with Crippen molar-refractivity contribution in [3.8, 4) is 5.75 Å². The maximum Gasteiger partial charge on any atom is 1.00 e. The first kappa shape index (κ1) is 14.3. The molecule has 17 heavy (non-hydrogen) atoms. The van der Waals surface area contributed by atoms with Crippen molar-refractivity contribution in [3.63, 3.8) is 0 Å². The predicted molar refractivity (Wildman–Crippen MR) is 58.0 cm³/mol. The van der Waals surface area contributed by atoms with Gasteiger partial charge in [-0.15, -0.1) is 0 Å². The molecule has 0 bridgehead atoms. The maximum atomic E-state index is 11.0. The molecule has 2 rings (SSSR count). The van der Waals surface area contributed by atoms with Gasteiger partial charge < -0.3 is 15.4 Å². The third-order valence-electron chi connectivity index (χ3n) is 2.28. The molecule has 0 aliphatic rings. The van der Waals surface area contributed by atoms with Crippen molar-refractivity contribution in [3.05, 3.63) is 30.3 Å². The van der Waals surface area contributed by atoms with Crippen LogP contribution in [-0.4, -0.2) is 18.1 Å². The number of hydrogen-bond acceptors (Lipinski definition) is 5. The van der Waals surface area contributed by atoms with Crippen LogP contribution in [0, 0.1) is 0 Å². The number of benzene rings is 2. The van der Waals surface area contributed by atoms with E-state index >= 15 is 0 Å². The van der Waals surface area contributed by atoms with Crippen LogP contribution in [0.5, 0.6) is 5.75 Å². The van der Waals surface area contributed by atoms with E-state index in [0.717, 1.165) is 6.07 Å². The molecule has 0 aliphatic heterocycles. The molecule has 84 valence electrons. The second-order valence-electron chi connectivity index (χ2n) is 3.31. The van der Waals surface area contributed by atoms with Crippen LogP contribution in [0.1, 0.15) is 0 Å². The molecule has 0 radical (unpaired) electrons. The number of rotatable bonds is 1. The van der Waals surface area contributed by atoms with Crippen LogP contribution in [0.3, 0.4) is 0 Å². The summed E-state index contributed by atoms with van der Waals surface area (Å²) in [6.07, 6.45) is 0. The Morgan fingerprint density at radius 2 is 1.71 bits per heavy atom. The zero-order valence-electron chi connectivity index (χ0n) is 9.04. The van der Waals surface area contributed by atoms with Gasteiger partial charge in [0, 0.05) is 10.8 Å². The quantitative estimate of drug-likeness (QED) is 0.268. The number of nitrogen functional groups attached to an aromatic ring is 1. The van der Waals surface area contributed by atoms with Gasteiger partial charge in [0.2, 0.25) is 0 Å². The van der Waals surface area contributed by atoms with Crippen molar-refractivity contribution in [2.24, 2.45) is 0 Å². The average Bonchev–Trinajstić information content (AvgIpc) is 2.22. The minimum atomic E-state index is -4.61. The SMILES string of the molecule is Nc1cc(S(=O)(=O)[O-])c2ccccc2c1O.[Na+]. The molecule has 0 spiro atoms. The van der Waals surface area contributed by atoms with E-state index in [1.165, 1.54) is 12.1 Å². The Morgan fingerprint density at radius 1 is 1.18 bits per heavy atom. The first-order chi connectivity index (χ1) is 7.41. The molecular weight excluding hydrogens is 253 g/mol. The molecule has 0 unspecified atom stereocenters. The fourth-order valence-electron chi connectivity index (χ4n) is 1.55. The number of phenolic OH excluding ortho intramolecular Hbond substituents is 1. The fraction of sp³-hybridized carbons (Fsp3) is 0. The summed E-state index contributed by atoms with van der Waals surface area (Å²) in [6, 6.07) is 7.10. The van der Waals surface area contributed by atoms with Crippen molar-refractivity contribution in [2.75, 3.05) is 5.73 Å². The first-order valence-corrected chi connectivity index (χ1v) is 5.78. The Kier molecular flexibility index (Phi) is 4.06. The molecule has 0 aliphatic carbocycles. The van der Waals surface area contributed by atoms with Crippen LogP contribution < -0.4 is 35.3 Å². The molecule has 0 atom stereocenters. The van der Waals surface area contributed by atoms with E-state index in [0.29, 0.717) is 0 Å². The van der Waals surface area contributed by atoms with Crippen molar-refractivity contribution in [1.29, 1.82) is 0 Å². The third kappa shape index (κ3) is 2.56. The summed E-state index contributed by atoms with van der Waals surface area (Å²) in [5.41, 5.74) is 5.30. The predicted octanol–water partition coefficient (Wildman–Crippen LogP) is -1.96. The van der Waals surface area contributed by atoms with E-state index in [1.807, 2.05) is 0 Å². The largest absolute Gasteiger partial charge is 1.00 e. The molecule has 0 aromatic heterocycles. The van der Waals surface area contributed by atoms with E-state index < -0.39 is 15.0 Å². The Bertz CT molecular complexity index is 669. The summed E-state index contributed by atoms with van der Waals surface area (Å²) in [7, 11) is -4.61. The zero-order valence-corrected chi connectivity index (χ0v) is 11.9. The second kappa shape index (κ2) is 4.83. The number of phenols is 1. The number of anilines is 1. The van der Waals surface area contributed by atoms with E-state index in [4.69, 9.17) is 5.73 Å². The van der Waals surface area contributed by atoms with E-state index in [9.17, 15) is 18.1 Å². The zero-order chi connectivity index (χ0) is 11.9. The number of aromatic hydroxyl groups is 1. The molecule has 0 saturated carbocycles. The van der Waals surface area contributed by atoms with Gasteiger partial charge in [0.15, 0.2) is 0 Å². The number of hydrogen-bond donors (Lipinski definition) is 2. The van der Waals surface area contributed by atoms with Crippen LogP contribution in [0.25, 0.3) is 10.8 Å². The smallest absolute Gasteiger partial charge is 0.744 e. The van der Waals surface area contributed by atoms with E-state index in [-0.39, 0.29) is 51.8 Å². The molecule has 0 heterocycles. The van der Waals surface area contributed by atoms with Gasteiger partial charge in [-0.3, -0.25) is 0 Å². The first-order valence-electron chi connectivity index (χ1n) is 4.37. The third-order valence-corrected chi connectivity index (χ3v) is 3.15. The molecule has 2 aromatic carbocycles. The van der Waals surface area contributed by atoms with Gasteiger partial charge in [0.25, 0.3) is 0 Å². The monoisotopic (exact) mass is 261 g/mol. The van der Waals surface area contributed by atoms with Crippen LogP contribution in [0.4, 0.5) is 5.69 Å². The van der Waals surface area contributed by atoms with Gasteiger partial charge in [-0.05, 0) is 6.07 Å². The van der Waals surface area contributed by atoms with Crippen LogP contribution in [0.15, 0.2) is 35.2 Å². The molecule has 0 fully saturated rings. The molecule has 2 aromatic rings. The Balaban J connectivity index is 0.00000144. The Morgan fingerprint density at radius 3 is 2.24 bits per heavy atom. The van der Waals surface area contributed by atoms with Crippen molar-refractivity contribution in [2.45, 2.75) is 4.90 Å². The van der Waals surface area contributed by atoms with Gasteiger partial charge in [-0.1, -0.05) is 24.3 Å². The summed E-state index contributed by atoms with van der Waals surface area (Å²) < 4.78 is 33.1. The Hall–Kier alpha value is -0.790. The summed E-state index contributed by atoms with van der Waals surface area (Å²) in [4.78, 5) is -0.418. The Labute approximate surface area is 120 Å². The number of fused-ring (bicyclic) bond motifs is 1. The molecule has 7 heteroatoms. The standard InChI is InChI=1S/C10H9NO4S.Na/c11-8-5-9(16(13,14)15)6-3-1-2-4-7(6)10(8)12;/h1-5,12H,11H2,(H,13,14,15);/q;+1/p-1. The summed E-state index contributed by atoms with van der Waals surface area (Å²) in [6.45, 7) is 0. The molecule has 3 N–H and O–H groups in total. The van der Waals surface area contributed by atoms with Gasteiger partial charge in [0.1, 0.15) is 15.9 Å².